The molecule has 0 aromatic rings. The van der Waals surface area contributed by atoms with Crippen molar-refractivity contribution >= 4 is 17.7 Å². The fraction of sp³-hybridized carbons (Fsp3) is 0.812. The Morgan fingerprint density at radius 1 is 0.739 bits per heavy atom. The first-order valence-electron chi connectivity index (χ1n) is 8.12. The molecule has 1 aliphatic rings. The Balaban J connectivity index is 2.36. The van der Waals surface area contributed by atoms with E-state index in [-0.39, 0.29) is 43.3 Å². The number of Topliss-reactive ketones (excluding diaryl/α,β-unsaturated/α-hetero) is 1. The maximum atomic E-state index is 11.8. The average molecular weight is 330 g/mol. The summed E-state index contributed by atoms with van der Waals surface area (Å²) in [6.07, 6.45) is 1.10. The summed E-state index contributed by atoms with van der Waals surface area (Å²) in [7, 11) is 0. The van der Waals surface area contributed by atoms with Gasteiger partial charge in [0.25, 0.3) is 0 Å². The molecule has 0 saturated heterocycles. The van der Waals surface area contributed by atoms with Gasteiger partial charge in [-0.2, -0.15) is 0 Å². The zero-order valence-electron chi connectivity index (χ0n) is 13.2. The first-order valence-corrected chi connectivity index (χ1v) is 8.12. The van der Waals surface area contributed by atoms with Gasteiger partial charge in [0.1, 0.15) is 5.78 Å². The Hall–Kier alpha value is -1.47. The van der Waals surface area contributed by atoms with E-state index < -0.39 is 24.1 Å². The number of ketones is 1. The Labute approximate surface area is 135 Å². The van der Waals surface area contributed by atoms with Gasteiger partial charge in [-0.3, -0.25) is 14.4 Å². The lowest BCUT2D eigenvalue weighted by molar-refractivity contribution is -0.138. The van der Waals surface area contributed by atoms with Crippen molar-refractivity contribution in [2.75, 3.05) is 0 Å². The summed E-state index contributed by atoms with van der Waals surface area (Å²) in [6.45, 7) is 0. The van der Waals surface area contributed by atoms with Gasteiger partial charge < -0.3 is 20.4 Å². The third-order valence-corrected chi connectivity index (χ3v) is 4.57. The molecule has 7 nitrogen and oxygen atoms in total. The summed E-state index contributed by atoms with van der Waals surface area (Å²) < 4.78 is 0. The average Bonchev–Trinajstić information content (AvgIpc) is 2.72. The molecule has 0 spiro atoms. The zero-order valence-corrected chi connectivity index (χ0v) is 13.2. The maximum absolute atomic E-state index is 11.8. The predicted octanol–water partition coefficient (Wildman–Crippen LogP) is 1.20. The summed E-state index contributed by atoms with van der Waals surface area (Å²) in [4.78, 5) is 32.9. The quantitative estimate of drug-likeness (QED) is 0.418. The van der Waals surface area contributed by atoms with Crippen LogP contribution in [0.3, 0.4) is 0 Å². The molecule has 132 valence electrons. The molecule has 4 N–H and O–H groups in total. The molecular weight excluding hydrogens is 304 g/mol. The minimum atomic E-state index is -0.938. The molecule has 7 heteroatoms. The smallest absolute Gasteiger partial charge is 0.303 e. The van der Waals surface area contributed by atoms with E-state index in [2.05, 4.69) is 0 Å². The van der Waals surface area contributed by atoms with E-state index in [0.29, 0.717) is 32.1 Å². The molecule has 0 heterocycles. The van der Waals surface area contributed by atoms with Crippen molar-refractivity contribution < 1.29 is 34.8 Å². The number of rotatable bonds is 11. The van der Waals surface area contributed by atoms with E-state index in [0.717, 1.165) is 0 Å². The monoisotopic (exact) mass is 330 g/mol. The van der Waals surface area contributed by atoms with Crippen LogP contribution in [0.1, 0.15) is 57.8 Å². The van der Waals surface area contributed by atoms with Crippen molar-refractivity contribution in [2.45, 2.75) is 70.0 Å². The van der Waals surface area contributed by atoms with E-state index >= 15 is 0 Å². The number of aliphatic hydroxyl groups is 2. The lowest BCUT2D eigenvalue weighted by Gasteiger charge is -2.22. The second-order valence-corrected chi connectivity index (χ2v) is 6.31. The SMILES string of the molecule is O=C(O)CCCCC(=O)CC[C@@H]1[C@@H](CCC(=O)O)[C@H](O)C[C@@H]1O. The topological polar surface area (TPSA) is 132 Å². The van der Waals surface area contributed by atoms with Gasteiger partial charge in [0, 0.05) is 25.7 Å². The first-order chi connectivity index (χ1) is 10.8. The first kappa shape index (κ1) is 19.6. The van der Waals surface area contributed by atoms with Gasteiger partial charge in [0.2, 0.25) is 0 Å². The van der Waals surface area contributed by atoms with Crippen molar-refractivity contribution in [3.8, 4) is 0 Å². The van der Waals surface area contributed by atoms with Gasteiger partial charge in [0.05, 0.1) is 12.2 Å². The van der Waals surface area contributed by atoms with E-state index in [1.165, 1.54) is 0 Å². The molecule has 0 aromatic carbocycles. The molecular formula is C16H26O7. The number of aliphatic hydroxyl groups excluding tert-OH is 2. The number of aliphatic carboxylic acids is 2. The molecule has 1 fully saturated rings. The fourth-order valence-corrected chi connectivity index (χ4v) is 3.32. The lowest BCUT2D eigenvalue weighted by Crippen LogP contribution is -2.24. The van der Waals surface area contributed by atoms with Crippen LogP contribution in [0, 0.1) is 11.8 Å². The zero-order chi connectivity index (χ0) is 17.4. The minimum Gasteiger partial charge on any atom is -0.481 e. The fourth-order valence-electron chi connectivity index (χ4n) is 3.32. The van der Waals surface area contributed by atoms with Crippen LogP contribution in [0.2, 0.25) is 0 Å². The molecule has 0 radical (unpaired) electrons. The third-order valence-electron chi connectivity index (χ3n) is 4.57. The molecule has 4 atom stereocenters. The van der Waals surface area contributed by atoms with Crippen molar-refractivity contribution in [1.29, 1.82) is 0 Å². The highest BCUT2D eigenvalue weighted by atomic mass is 16.4. The number of carboxylic acids is 2. The van der Waals surface area contributed by atoms with Gasteiger partial charge in [-0.05, 0) is 43.9 Å². The van der Waals surface area contributed by atoms with Crippen LogP contribution < -0.4 is 0 Å². The van der Waals surface area contributed by atoms with Gasteiger partial charge >= 0.3 is 11.9 Å². The van der Waals surface area contributed by atoms with Gasteiger partial charge in [-0.25, -0.2) is 0 Å². The Morgan fingerprint density at radius 2 is 1.22 bits per heavy atom. The number of carboxylic acid groups (broad SMARTS) is 2. The van der Waals surface area contributed by atoms with Crippen molar-refractivity contribution in [2.24, 2.45) is 11.8 Å². The molecule has 1 rings (SSSR count). The second-order valence-electron chi connectivity index (χ2n) is 6.31. The predicted molar refractivity (Wildman–Crippen MR) is 80.8 cm³/mol. The Bertz CT molecular complexity index is 421. The molecule has 0 aliphatic heterocycles. The second kappa shape index (κ2) is 9.62. The van der Waals surface area contributed by atoms with E-state index in [9.17, 15) is 24.6 Å². The molecule has 0 amide bonds. The molecule has 1 saturated carbocycles. The Morgan fingerprint density at radius 3 is 1.74 bits per heavy atom. The minimum absolute atomic E-state index is 0.0148. The summed E-state index contributed by atoms with van der Waals surface area (Å²) in [5, 5.41) is 37.2. The van der Waals surface area contributed by atoms with Crippen LogP contribution in [-0.2, 0) is 14.4 Å². The van der Waals surface area contributed by atoms with Crippen LogP contribution >= 0.6 is 0 Å². The van der Waals surface area contributed by atoms with Crippen LogP contribution in [0.4, 0.5) is 0 Å². The van der Waals surface area contributed by atoms with Gasteiger partial charge in [-0.1, -0.05) is 0 Å². The number of hydrogen-bond donors (Lipinski definition) is 4. The standard InChI is InChI=1S/C16H26O7/c17-10(3-1-2-4-15(20)21)5-6-11-12(7-8-16(22)23)14(19)9-13(11)18/h11-14,18-19H,1-9H2,(H,20,21)(H,22,23)/t11-,12-,13+,14-/m1/s1. The molecule has 1 aliphatic carbocycles. The van der Waals surface area contributed by atoms with Crippen molar-refractivity contribution in [3.05, 3.63) is 0 Å². The number of hydrogen-bond acceptors (Lipinski definition) is 5. The largest absolute Gasteiger partial charge is 0.481 e. The summed E-state index contributed by atoms with van der Waals surface area (Å²) in [5.41, 5.74) is 0. The van der Waals surface area contributed by atoms with E-state index in [1.54, 1.807) is 0 Å². The van der Waals surface area contributed by atoms with Gasteiger partial charge in [-0.15, -0.1) is 0 Å². The molecule has 0 aromatic heterocycles. The maximum Gasteiger partial charge on any atom is 0.303 e. The van der Waals surface area contributed by atoms with Crippen LogP contribution in [0.5, 0.6) is 0 Å². The normalized spacial score (nSPS) is 27.0. The third kappa shape index (κ3) is 7.09. The van der Waals surface area contributed by atoms with Crippen LogP contribution in [0.15, 0.2) is 0 Å². The summed E-state index contributed by atoms with van der Waals surface area (Å²) in [5.74, 6) is -2.34. The number of carbonyl (C=O) groups is 3. The van der Waals surface area contributed by atoms with Gasteiger partial charge in [0.15, 0.2) is 0 Å². The van der Waals surface area contributed by atoms with Crippen molar-refractivity contribution in [1.82, 2.24) is 0 Å². The highest BCUT2D eigenvalue weighted by Crippen LogP contribution is 2.38. The van der Waals surface area contributed by atoms with Crippen molar-refractivity contribution in [3.63, 3.8) is 0 Å². The van der Waals surface area contributed by atoms with Crippen LogP contribution in [-0.4, -0.2) is 50.4 Å². The lowest BCUT2D eigenvalue weighted by atomic mass is 9.85. The van der Waals surface area contributed by atoms with E-state index in [1.807, 2.05) is 0 Å². The Kier molecular flexibility index (Phi) is 8.19. The molecule has 0 bridgehead atoms. The highest BCUT2D eigenvalue weighted by Gasteiger charge is 2.41. The summed E-state index contributed by atoms with van der Waals surface area (Å²) in [6, 6.07) is 0. The summed E-state index contributed by atoms with van der Waals surface area (Å²) >= 11 is 0. The van der Waals surface area contributed by atoms with E-state index in [4.69, 9.17) is 10.2 Å². The highest BCUT2D eigenvalue weighted by molar-refractivity contribution is 5.78. The number of carbonyl (C=O) groups excluding carboxylic acids is 1. The number of unbranched alkanes of at least 4 members (excludes halogenated alkanes) is 1. The molecule has 0 unspecified atom stereocenters. The van der Waals surface area contributed by atoms with Crippen LogP contribution in [0.25, 0.3) is 0 Å². The molecule has 23 heavy (non-hydrogen) atoms.